The lowest BCUT2D eigenvalue weighted by atomic mass is 10.1. The second kappa shape index (κ2) is 13.9. The average molecular weight is 307 g/mol. The van der Waals surface area contributed by atoms with E-state index in [4.69, 9.17) is 4.18 Å². The van der Waals surface area contributed by atoms with E-state index in [-0.39, 0.29) is 5.75 Å². The first kappa shape index (κ1) is 19.9. The Bertz CT molecular complexity index is 286. The monoisotopic (exact) mass is 306 g/mol. The second-order valence-electron chi connectivity index (χ2n) is 5.62. The molecule has 0 unspecified atom stereocenters. The van der Waals surface area contributed by atoms with Gasteiger partial charge in [-0.25, -0.2) is 0 Å². The predicted molar refractivity (Wildman–Crippen MR) is 86.5 cm³/mol. The Morgan fingerprint density at radius 3 is 1.65 bits per heavy atom. The first-order valence-electron chi connectivity index (χ1n) is 8.49. The number of rotatable bonds is 15. The van der Waals surface area contributed by atoms with Crippen LogP contribution in [0.3, 0.4) is 0 Å². The summed E-state index contributed by atoms with van der Waals surface area (Å²) in [5, 5.41) is 0. The largest absolute Gasteiger partial charge is 0.270 e. The van der Waals surface area contributed by atoms with Crippen molar-refractivity contribution >= 4 is 10.1 Å². The molecule has 0 saturated heterocycles. The lowest BCUT2D eigenvalue weighted by molar-refractivity contribution is 0.305. The van der Waals surface area contributed by atoms with E-state index < -0.39 is 10.1 Å². The van der Waals surface area contributed by atoms with Crippen LogP contribution in [0.2, 0.25) is 0 Å². The first-order valence-corrected chi connectivity index (χ1v) is 10.1. The molecule has 0 fully saturated rings. The van der Waals surface area contributed by atoms with E-state index >= 15 is 0 Å². The fourth-order valence-electron chi connectivity index (χ4n) is 2.19. The fraction of sp³-hybridized carbons (Fsp3) is 1.00. The quantitative estimate of drug-likeness (QED) is 0.314. The zero-order valence-electron chi connectivity index (χ0n) is 13.5. The third-order valence-corrected chi connectivity index (χ3v) is 4.82. The van der Waals surface area contributed by atoms with E-state index in [9.17, 15) is 8.42 Å². The fourth-order valence-corrected chi connectivity index (χ4v) is 3.23. The minimum absolute atomic E-state index is 0.188. The molecule has 0 saturated carbocycles. The number of unbranched alkanes of at least 4 members (excludes halogenated alkanes) is 10. The molecule has 0 rings (SSSR count). The predicted octanol–water partition coefficient (Wildman–Crippen LogP) is 5.05. The maximum absolute atomic E-state index is 11.6. The molecule has 0 aromatic carbocycles. The standard InChI is InChI=1S/C16H34O3S/c1-3-5-7-9-10-11-13-15-19-20(17,18)16-14-12-8-6-4-2/h3-16H2,1-2H3. The van der Waals surface area contributed by atoms with Crippen LogP contribution >= 0.6 is 0 Å². The van der Waals surface area contributed by atoms with Crippen molar-refractivity contribution in [3.05, 3.63) is 0 Å². The van der Waals surface area contributed by atoms with Gasteiger partial charge in [0, 0.05) is 0 Å². The van der Waals surface area contributed by atoms with Crippen LogP contribution in [0.15, 0.2) is 0 Å². The van der Waals surface area contributed by atoms with E-state index in [2.05, 4.69) is 13.8 Å². The highest BCUT2D eigenvalue weighted by Gasteiger charge is 2.10. The van der Waals surface area contributed by atoms with Gasteiger partial charge in [-0.15, -0.1) is 0 Å². The molecule has 0 aromatic rings. The van der Waals surface area contributed by atoms with Crippen molar-refractivity contribution in [2.45, 2.75) is 90.9 Å². The van der Waals surface area contributed by atoms with Gasteiger partial charge in [0.05, 0.1) is 12.4 Å². The molecule has 0 spiro atoms. The molecular weight excluding hydrogens is 272 g/mol. The highest BCUT2D eigenvalue weighted by atomic mass is 32.2. The number of hydrogen-bond donors (Lipinski definition) is 0. The van der Waals surface area contributed by atoms with Gasteiger partial charge in [0.25, 0.3) is 10.1 Å². The van der Waals surface area contributed by atoms with E-state index in [0.717, 1.165) is 32.1 Å². The van der Waals surface area contributed by atoms with E-state index in [1.807, 2.05) is 0 Å². The normalized spacial score (nSPS) is 11.9. The van der Waals surface area contributed by atoms with Gasteiger partial charge >= 0.3 is 0 Å². The minimum Gasteiger partial charge on any atom is -0.270 e. The SMILES string of the molecule is CCCCCCCCCOS(=O)(=O)CCCCCCC. The molecule has 4 heteroatoms. The van der Waals surface area contributed by atoms with Crippen molar-refractivity contribution in [3.63, 3.8) is 0 Å². The highest BCUT2D eigenvalue weighted by molar-refractivity contribution is 7.86. The van der Waals surface area contributed by atoms with Crippen LogP contribution < -0.4 is 0 Å². The molecule has 20 heavy (non-hydrogen) atoms. The highest BCUT2D eigenvalue weighted by Crippen LogP contribution is 2.09. The van der Waals surface area contributed by atoms with Gasteiger partial charge in [-0.1, -0.05) is 78.1 Å². The van der Waals surface area contributed by atoms with Crippen molar-refractivity contribution < 1.29 is 12.6 Å². The Labute approximate surface area is 126 Å². The van der Waals surface area contributed by atoms with Crippen LogP contribution in [-0.2, 0) is 14.3 Å². The summed E-state index contributed by atoms with van der Waals surface area (Å²) in [6, 6.07) is 0. The number of hydrogen-bond acceptors (Lipinski definition) is 3. The molecule has 0 bridgehead atoms. The maximum Gasteiger partial charge on any atom is 0.267 e. The molecule has 0 atom stereocenters. The van der Waals surface area contributed by atoms with Crippen LogP contribution in [0, 0.1) is 0 Å². The summed E-state index contributed by atoms with van der Waals surface area (Å²) in [6.07, 6.45) is 13.5. The molecule has 0 aromatic heterocycles. The summed E-state index contributed by atoms with van der Waals surface area (Å²) in [6.45, 7) is 4.73. The third-order valence-electron chi connectivity index (χ3n) is 3.51. The van der Waals surface area contributed by atoms with Gasteiger partial charge in [-0.05, 0) is 12.8 Å². The van der Waals surface area contributed by atoms with E-state index in [0.29, 0.717) is 6.61 Å². The van der Waals surface area contributed by atoms with Crippen LogP contribution in [0.25, 0.3) is 0 Å². The Kier molecular flexibility index (Phi) is 13.8. The zero-order chi connectivity index (χ0) is 15.1. The average Bonchev–Trinajstić information content (AvgIpc) is 2.41. The van der Waals surface area contributed by atoms with E-state index in [1.165, 1.54) is 44.9 Å². The zero-order valence-corrected chi connectivity index (χ0v) is 14.3. The van der Waals surface area contributed by atoms with Gasteiger partial charge in [-0.3, -0.25) is 4.18 Å². The second-order valence-corrected chi connectivity index (χ2v) is 7.38. The molecule has 0 aliphatic carbocycles. The Morgan fingerprint density at radius 2 is 1.10 bits per heavy atom. The van der Waals surface area contributed by atoms with Gasteiger partial charge in [0.1, 0.15) is 0 Å². The van der Waals surface area contributed by atoms with Crippen molar-refractivity contribution in [2.75, 3.05) is 12.4 Å². The van der Waals surface area contributed by atoms with Gasteiger partial charge in [0.2, 0.25) is 0 Å². The maximum atomic E-state index is 11.6. The molecule has 0 N–H and O–H groups in total. The van der Waals surface area contributed by atoms with Crippen molar-refractivity contribution in [2.24, 2.45) is 0 Å². The lowest BCUT2D eigenvalue weighted by Crippen LogP contribution is -2.11. The van der Waals surface area contributed by atoms with Crippen LogP contribution in [0.5, 0.6) is 0 Å². The van der Waals surface area contributed by atoms with Crippen LogP contribution in [0.4, 0.5) is 0 Å². The van der Waals surface area contributed by atoms with E-state index in [1.54, 1.807) is 0 Å². The Hall–Kier alpha value is -0.0900. The smallest absolute Gasteiger partial charge is 0.267 e. The summed E-state index contributed by atoms with van der Waals surface area (Å²) in [7, 11) is -3.27. The molecule has 3 nitrogen and oxygen atoms in total. The van der Waals surface area contributed by atoms with Gasteiger partial charge < -0.3 is 0 Å². The topological polar surface area (TPSA) is 43.4 Å². The molecule has 122 valence electrons. The molecule has 0 radical (unpaired) electrons. The Morgan fingerprint density at radius 1 is 0.650 bits per heavy atom. The van der Waals surface area contributed by atoms with Crippen molar-refractivity contribution in [1.82, 2.24) is 0 Å². The first-order chi connectivity index (χ1) is 9.62. The third kappa shape index (κ3) is 14.3. The summed E-state index contributed by atoms with van der Waals surface area (Å²) in [5.41, 5.74) is 0. The summed E-state index contributed by atoms with van der Waals surface area (Å²) >= 11 is 0. The minimum atomic E-state index is -3.27. The Balaban J connectivity index is 3.39. The summed E-state index contributed by atoms with van der Waals surface area (Å²) < 4.78 is 28.3. The summed E-state index contributed by atoms with van der Waals surface area (Å²) in [4.78, 5) is 0. The van der Waals surface area contributed by atoms with Crippen LogP contribution in [0.1, 0.15) is 90.9 Å². The molecule has 0 aliphatic rings. The molecule has 0 heterocycles. The lowest BCUT2D eigenvalue weighted by Gasteiger charge is -2.05. The molecule has 0 aliphatic heterocycles. The molecule has 0 amide bonds. The molecular formula is C16H34O3S. The van der Waals surface area contributed by atoms with Crippen molar-refractivity contribution in [1.29, 1.82) is 0 Å². The van der Waals surface area contributed by atoms with Crippen LogP contribution in [-0.4, -0.2) is 20.8 Å². The van der Waals surface area contributed by atoms with Gasteiger partial charge in [-0.2, -0.15) is 8.42 Å². The summed E-state index contributed by atoms with van der Waals surface area (Å²) in [5.74, 6) is 0.188. The van der Waals surface area contributed by atoms with Crippen molar-refractivity contribution in [3.8, 4) is 0 Å². The van der Waals surface area contributed by atoms with Gasteiger partial charge in [0.15, 0.2) is 0 Å².